The van der Waals surface area contributed by atoms with Crippen LogP contribution in [-0.4, -0.2) is 13.7 Å². The summed E-state index contributed by atoms with van der Waals surface area (Å²) >= 11 is 5.31. The number of rotatable bonds is 6. The van der Waals surface area contributed by atoms with Crippen molar-refractivity contribution in [3.63, 3.8) is 0 Å². The summed E-state index contributed by atoms with van der Waals surface area (Å²) in [6.45, 7) is 4.20. The minimum atomic E-state index is 0.872. The fraction of sp³-hybridized carbons (Fsp3) is 0.333. The van der Waals surface area contributed by atoms with E-state index in [1.54, 1.807) is 7.11 Å². The van der Waals surface area contributed by atoms with Gasteiger partial charge in [0.2, 0.25) is 0 Å². The zero-order chi connectivity index (χ0) is 13.7. The molecule has 0 unspecified atom stereocenters. The van der Waals surface area contributed by atoms with Crippen molar-refractivity contribution >= 4 is 27.3 Å². The quantitative estimate of drug-likeness (QED) is 0.771. The molecule has 0 saturated carbocycles. The summed E-state index contributed by atoms with van der Waals surface area (Å²) in [5.41, 5.74) is 1.20. The third kappa shape index (κ3) is 3.81. The largest absolute Gasteiger partial charge is 0.496 e. The van der Waals surface area contributed by atoms with E-state index in [2.05, 4.69) is 52.4 Å². The van der Waals surface area contributed by atoms with E-state index in [-0.39, 0.29) is 0 Å². The molecule has 0 radical (unpaired) electrons. The predicted molar refractivity (Wildman–Crippen MR) is 86.0 cm³/mol. The fourth-order valence-electron chi connectivity index (χ4n) is 1.83. The van der Waals surface area contributed by atoms with Gasteiger partial charge in [0, 0.05) is 16.3 Å². The molecule has 0 atom stereocenters. The summed E-state index contributed by atoms with van der Waals surface area (Å²) < 4.78 is 6.33. The van der Waals surface area contributed by atoms with Crippen molar-refractivity contribution in [1.82, 2.24) is 5.32 Å². The first kappa shape index (κ1) is 14.6. The molecule has 0 aliphatic carbocycles. The van der Waals surface area contributed by atoms with Crippen LogP contribution < -0.4 is 10.1 Å². The van der Waals surface area contributed by atoms with Gasteiger partial charge in [-0.05, 0) is 58.7 Å². The number of hydrogen-bond donors (Lipinski definition) is 1. The molecule has 0 amide bonds. The Bertz CT molecular complexity index is 539. The van der Waals surface area contributed by atoms with E-state index in [4.69, 9.17) is 4.74 Å². The van der Waals surface area contributed by atoms with Crippen LogP contribution >= 0.6 is 27.3 Å². The number of ether oxygens (including phenoxy) is 1. The Balaban J connectivity index is 2.13. The molecule has 0 spiro atoms. The van der Waals surface area contributed by atoms with Gasteiger partial charge in [-0.15, -0.1) is 11.3 Å². The predicted octanol–water partition coefficient (Wildman–Crippen LogP) is 4.69. The van der Waals surface area contributed by atoms with Crippen LogP contribution in [0.4, 0.5) is 0 Å². The maximum Gasteiger partial charge on any atom is 0.133 e. The highest BCUT2D eigenvalue weighted by molar-refractivity contribution is 9.10. The standard InChI is InChI=1S/C15H18BrNOS/c1-3-8-17-10-12-5-7-15(19-12)11-4-6-13(16)14(9-11)18-2/h4-7,9,17H,3,8,10H2,1-2H3. The highest BCUT2D eigenvalue weighted by atomic mass is 79.9. The van der Waals surface area contributed by atoms with Gasteiger partial charge in [-0.25, -0.2) is 0 Å². The van der Waals surface area contributed by atoms with Gasteiger partial charge in [-0.2, -0.15) is 0 Å². The Labute approximate surface area is 126 Å². The number of thiophene rings is 1. The van der Waals surface area contributed by atoms with Gasteiger partial charge in [0.05, 0.1) is 11.6 Å². The average Bonchev–Trinajstić information content (AvgIpc) is 2.88. The Hall–Kier alpha value is -0.840. The number of methoxy groups -OCH3 is 1. The average molecular weight is 340 g/mol. The van der Waals surface area contributed by atoms with E-state index < -0.39 is 0 Å². The minimum Gasteiger partial charge on any atom is -0.496 e. The molecular formula is C15H18BrNOS. The van der Waals surface area contributed by atoms with Crippen molar-refractivity contribution in [3.8, 4) is 16.2 Å². The lowest BCUT2D eigenvalue weighted by molar-refractivity contribution is 0.412. The molecule has 0 fully saturated rings. The lowest BCUT2D eigenvalue weighted by atomic mass is 10.2. The van der Waals surface area contributed by atoms with Crippen molar-refractivity contribution in [2.24, 2.45) is 0 Å². The first-order valence-corrected chi connectivity index (χ1v) is 7.99. The Kier molecular flexibility index (Phi) is 5.43. The zero-order valence-corrected chi connectivity index (χ0v) is 13.6. The van der Waals surface area contributed by atoms with Crippen molar-refractivity contribution in [2.45, 2.75) is 19.9 Å². The third-order valence-corrected chi connectivity index (χ3v) is 4.61. The van der Waals surface area contributed by atoms with Crippen molar-refractivity contribution in [1.29, 1.82) is 0 Å². The smallest absolute Gasteiger partial charge is 0.133 e. The molecule has 4 heteroatoms. The maximum absolute atomic E-state index is 5.34. The molecule has 2 aromatic rings. The summed E-state index contributed by atoms with van der Waals surface area (Å²) in [5, 5.41) is 3.43. The molecule has 1 heterocycles. The van der Waals surface area contributed by atoms with E-state index in [1.165, 1.54) is 21.7 Å². The molecular weight excluding hydrogens is 322 g/mol. The fourth-order valence-corrected chi connectivity index (χ4v) is 3.21. The molecule has 1 aromatic carbocycles. The summed E-state index contributed by atoms with van der Waals surface area (Å²) in [4.78, 5) is 2.64. The number of nitrogens with one attached hydrogen (secondary N) is 1. The number of halogens is 1. The highest BCUT2D eigenvalue weighted by Crippen LogP contribution is 2.34. The van der Waals surface area contributed by atoms with Gasteiger partial charge in [0.1, 0.15) is 5.75 Å². The molecule has 0 bridgehead atoms. The second kappa shape index (κ2) is 7.08. The van der Waals surface area contributed by atoms with Crippen molar-refractivity contribution in [2.75, 3.05) is 13.7 Å². The van der Waals surface area contributed by atoms with Gasteiger partial charge >= 0.3 is 0 Å². The lowest BCUT2D eigenvalue weighted by Crippen LogP contribution is -2.12. The van der Waals surface area contributed by atoms with Crippen LogP contribution in [0.1, 0.15) is 18.2 Å². The minimum absolute atomic E-state index is 0.872. The molecule has 2 nitrogen and oxygen atoms in total. The third-order valence-electron chi connectivity index (χ3n) is 2.82. The van der Waals surface area contributed by atoms with E-state index in [0.717, 1.165) is 23.3 Å². The van der Waals surface area contributed by atoms with Crippen LogP contribution in [0.2, 0.25) is 0 Å². The van der Waals surface area contributed by atoms with Gasteiger partial charge in [0.25, 0.3) is 0 Å². The molecule has 2 rings (SSSR count). The topological polar surface area (TPSA) is 21.3 Å². The molecule has 19 heavy (non-hydrogen) atoms. The van der Waals surface area contributed by atoms with Gasteiger partial charge in [-0.3, -0.25) is 0 Å². The zero-order valence-electron chi connectivity index (χ0n) is 11.2. The number of hydrogen-bond acceptors (Lipinski definition) is 3. The molecule has 0 aliphatic heterocycles. The highest BCUT2D eigenvalue weighted by Gasteiger charge is 2.06. The van der Waals surface area contributed by atoms with E-state index >= 15 is 0 Å². The molecule has 1 aromatic heterocycles. The van der Waals surface area contributed by atoms with Crippen LogP contribution in [0.15, 0.2) is 34.8 Å². The van der Waals surface area contributed by atoms with Gasteiger partial charge in [0.15, 0.2) is 0 Å². The second-order valence-electron chi connectivity index (χ2n) is 4.29. The van der Waals surface area contributed by atoms with Gasteiger partial charge in [-0.1, -0.05) is 13.0 Å². The second-order valence-corrected chi connectivity index (χ2v) is 6.31. The van der Waals surface area contributed by atoms with E-state index in [0.29, 0.717) is 0 Å². The molecule has 102 valence electrons. The van der Waals surface area contributed by atoms with Crippen LogP contribution in [0.25, 0.3) is 10.4 Å². The maximum atomic E-state index is 5.34. The Morgan fingerprint density at radius 1 is 1.26 bits per heavy atom. The molecule has 1 N–H and O–H groups in total. The van der Waals surface area contributed by atoms with Crippen LogP contribution in [-0.2, 0) is 6.54 Å². The first-order valence-electron chi connectivity index (χ1n) is 6.38. The summed E-state index contributed by atoms with van der Waals surface area (Å²) in [6.07, 6.45) is 1.17. The summed E-state index contributed by atoms with van der Waals surface area (Å²) in [6, 6.07) is 10.6. The Morgan fingerprint density at radius 2 is 2.11 bits per heavy atom. The van der Waals surface area contributed by atoms with E-state index in [9.17, 15) is 0 Å². The normalized spacial score (nSPS) is 10.7. The van der Waals surface area contributed by atoms with Gasteiger partial charge < -0.3 is 10.1 Å². The van der Waals surface area contributed by atoms with Crippen LogP contribution in [0.5, 0.6) is 5.75 Å². The SMILES string of the molecule is CCCNCc1ccc(-c2ccc(Br)c(OC)c2)s1. The van der Waals surface area contributed by atoms with Crippen molar-refractivity contribution < 1.29 is 4.74 Å². The molecule has 0 saturated heterocycles. The first-order chi connectivity index (χ1) is 9.24. The Morgan fingerprint density at radius 3 is 2.84 bits per heavy atom. The number of benzene rings is 1. The summed E-state index contributed by atoms with van der Waals surface area (Å²) in [5.74, 6) is 0.872. The summed E-state index contributed by atoms with van der Waals surface area (Å²) in [7, 11) is 1.69. The van der Waals surface area contributed by atoms with Crippen molar-refractivity contribution in [3.05, 3.63) is 39.7 Å². The lowest BCUT2D eigenvalue weighted by Gasteiger charge is -2.05. The molecule has 0 aliphatic rings. The monoisotopic (exact) mass is 339 g/mol. The van der Waals surface area contributed by atoms with E-state index in [1.807, 2.05) is 17.4 Å². The van der Waals surface area contributed by atoms with Crippen LogP contribution in [0.3, 0.4) is 0 Å². The van der Waals surface area contributed by atoms with Crippen LogP contribution in [0, 0.1) is 0 Å².